The Kier molecular flexibility index (Phi) is 5.65. The SMILES string of the molecule is O=S(=O)(NCCCc1ccccc1)c1ccc(Cl)c(Cl)c1. The number of rotatable bonds is 6. The number of benzene rings is 2. The lowest BCUT2D eigenvalue weighted by Gasteiger charge is -2.07. The van der Waals surface area contributed by atoms with Gasteiger partial charge in [-0.15, -0.1) is 0 Å². The maximum Gasteiger partial charge on any atom is 0.240 e. The highest BCUT2D eigenvalue weighted by atomic mass is 35.5. The molecule has 0 saturated carbocycles. The predicted octanol–water partition coefficient (Wildman–Crippen LogP) is 3.90. The van der Waals surface area contributed by atoms with Crippen molar-refractivity contribution in [3.63, 3.8) is 0 Å². The molecule has 0 unspecified atom stereocenters. The van der Waals surface area contributed by atoms with Crippen LogP contribution in [-0.2, 0) is 16.4 Å². The summed E-state index contributed by atoms with van der Waals surface area (Å²) in [7, 11) is -3.55. The molecule has 0 spiro atoms. The highest BCUT2D eigenvalue weighted by Gasteiger charge is 2.14. The van der Waals surface area contributed by atoms with Gasteiger partial charge in [-0.2, -0.15) is 0 Å². The van der Waals surface area contributed by atoms with Crippen molar-refractivity contribution >= 4 is 33.2 Å². The molecule has 2 rings (SSSR count). The first kappa shape index (κ1) is 16.3. The van der Waals surface area contributed by atoms with E-state index in [4.69, 9.17) is 23.2 Å². The van der Waals surface area contributed by atoms with Gasteiger partial charge in [0.2, 0.25) is 10.0 Å². The maximum absolute atomic E-state index is 12.1. The molecule has 0 saturated heterocycles. The summed E-state index contributed by atoms with van der Waals surface area (Å²) in [5.74, 6) is 0. The third-order valence-electron chi connectivity index (χ3n) is 2.98. The first-order valence-electron chi connectivity index (χ1n) is 6.48. The number of hydrogen-bond donors (Lipinski definition) is 1. The first-order valence-corrected chi connectivity index (χ1v) is 8.71. The summed E-state index contributed by atoms with van der Waals surface area (Å²) in [6.45, 7) is 0.372. The molecule has 2 aromatic carbocycles. The van der Waals surface area contributed by atoms with Crippen molar-refractivity contribution < 1.29 is 8.42 Å². The van der Waals surface area contributed by atoms with Crippen molar-refractivity contribution in [1.82, 2.24) is 4.72 Å². The summed E-state index contributed by atoms with van der Waals surface area (Å²) in [6.07, 6.45) is 1.55. The minimum atomic E-state index is -3.55. The summed E-state index contributed by atoms with van der Waals surface area (Å²) in [4.78, 5) is 0.122. The van der Waals surface area contributed by atoms with Crippen LogP contribution < -0.4 is 4.72 Å². The predicted molar refractivity (Wildman–Crippen MR) is 86.4 cm³/mol. The van der Waals surface area contributed by atoms with E-state index in [1.807, 2.05) is 30.3 Å². The van der Waals surface area contributed by atoms with Crippen LogP contribution in [0.1, 0.15) is 12.0 Å². The molecule has 0 atom stereocenters. The number of halogens is 2. The van der Waals surface area contributed by atoms with Crippen LogP contribution in [0.4, 0.5) is 0 Å². The maximum atomic E-state index is 12.1. The van der Waals surface area contributed by atoms with Gasteiger partial charge < -0.3 is 0 Å². The zero-order chi connectivity index (χ0) is 15.3. The van der Waals surface area contributed by atoms with Crippen molar-refractivity contribution in [2.45, 2.75) is 17.7 Å². The fourth-order valence-electron chi connectivity index (χ4n) is 1.87. The Balaban J connectivity index is 1.91. The molecule has 0 amide bonds. The molecule has 0 aromatic heterocycles. The molecule has 0 fully saturated rings. The molecule has 112 valence electrons. The Morgan fingerprint density at radius 3 is 2.33 bits per heavy atom. The smallest absolute Gasteiger partial charge is 0.211 e. The highest BCUT2D eigenvalue weighted by molar-refractivity contribution is 7.89. The summed E-state index contributed by atoms with van der Waals surface area (Å²) >= 11 is 11.6. The summed E-state index contributed by atoms with van der Waals surface area (Å²) in [6, 6.07) is 14.2. The standard InChI is InChI=1S/C15H15Cl2NO2S/c16-14-9-8-13(11-15(14)17)21(19,20)18-10-4-7-12-5-2-1-3-6-12/h1-3,5-6,8-9,11,18H,4,7,10H2. The van der Waals surface area contributed by atoms with E-state index >= 15 is 0 Å². The second kappa shape index (κ2) is 7.27. The Labute approximate surface area is 135 Å². The van der Waals surface area contributed by atoms with Crippen molar-refractivity contribution in [3.05, 3.63) is 64.1 Å². The number of sulfonamides is 1. The average molecular weight is 344 g/mol. The first-order chi connectivity index (χ1) is 9.99. The largest absolute Gasteiger partial charge is 0.240 e. The van der Waals surface area contributed by atoms with Gasteiger partial charge in [0.25, 0.3) is 0 Å². The van der Waals surface area contributed by atoms with Gasteiger partial charge in [-0.1, -0.05) is 53.5 Å². The molecule has 6 heteroatoms. The third kappa shape index (κ3) is 4.71. The van der Waals surface area contributed by atoms with Gasteiger partial charge in [0.05, 0.1) is 14.9 Å². The highest BCUT2D eigenvalue weighted by Crippen LogP contribution is 2.24. The van der Waals surface area contributed by atoms with E-state index in [1.54, 1.807) is 0 Å². The zero-order valence-electron chi connectivity index (χ0n) is 11.2. The van der Waals surface area contributed by atoms with Gasteiger partial charge >= 0.3 is 0 Å². The van der Waals surface area contributed by atoms with Crippen LogP contribution in [0.25, 0.3) is 0 Å². The van der Waals surface area contributed by atoms with Crippen LogP contribution in [-0.4, -0.2) is 15.0 Å². The van der Waals surface area contributed by atoms with Gasteiger partial charge in [-0.25, -0.2) is 13.1 Å². The van der Waals surface area contributed by atoms with Crippen LogP contribution in [0.5, 0.6) is 0 Å². The Bertz CT molecular complexity index is 703. The van der Waals surface area contributed by atoms with Crippen molar-refractivity contribution in [2.75, 3.05) is 6.54 Å². The van der Waals surface area contributed by atoms with Crippen LogP contribution in [0.2, 0.25) is 10.0 Å². The van der Waals surface area contributed by atoms with Crippen molar-refractivity contribution in [3.8, 4) is 0 Å². The fourth-order valence-corrected chi connectivity index (χ4v) is 3.33. The molecule has 0 aliphatic rings. The normalized spacial score (nSPS) is 11.5. The molecular weight excluding hydrogens is 329 g/mol. The Morgan fingerprint density at radius 1 is 0.952 bits per heavy atom. The van der Waals surface area contributed by atoms with Crippen LogP contribution in [0.3, 0.4) is 0 Å². The van der Waals surface area contributed by atoms with Crippen molar-refractivity contribution in [1.29, 1.82) is 0 Å². The number of nitrogens with one attached hydrogen (secondary N) is 1. The molecule has 0 bridgehead atoms. The zero-order valence-corrected chi connectivity index (χ0v) is 13.5. The lowest BCUT2D eigenvalue weighted by atomic mass is 10.1. The molecule has 1 N–H and O–H groups in total. The van der Waals surface area contributed by atoms with E-state index in [1.165, 1.54) is 23.8 Å². The van der Waals surface area contributed by atoms with E-state index in [2.05, 4.69) is 4.72 Å². The minimum Gasteiger partial charge on any atom is -0.211 e. The molecule has 3 nitrogen and oxygen atoms in total. The van der Waals surface area contributed by atoms with Gasteiger partial charge in [0, 0.05) is 6.54 Å². The molecule has 0 aliphatic heterocycles. The van der Waals surface area contributed by atoms with Crippen molar-refractivity contribution in [2.24, 2.45) is 0 Å². The number of aryl methyl sites for hydroxylation is 1. The second-order valence-corrected chi connectivity index (χ2v) is 7.14. The van der Waals surface area contributed by atoms with Gasteiger partial charge in [-0.3, -0.25) is 0 Å². The third-order valence-corrected chi connectivity index (χ3v) is 5.18. The van der Waals surface area contributed by atoms with Crippen LogP contribution >= 0.6 is 23.2 Å². The lowest BCUT2D eigenvalue weighted by Crippen LogP contribution is -2.25. The van der Waals surface area contributed by atoms with Gasteiger partial charge in [0.15, 0.2) is 0 Å². The summed E-state index contributed by atoms with van der Waals surface area (Å²) in [5.41, 5.74) is 1.19. The lowest BCUT2D eigenvalue weighted by molar-refractivity contribution is 0.579. The van der Waals surface area contributed by atoms with Gasteiger partial charge in [0.1, 0.15) is 0 Å². The quantitative estimate of drug-likeness (QED) is 0.808. The van der Waals surface area contributed by atoms with E-state index in [0.717, 1.165) is 12.8 Å². The molecule has 2 aromatic rings. The van der Waals surface area contributed by atoms with E-state index in [-0.39, 0.29) is 9.92 Å². The molecule has 0 aliphatic carbocycles. The molecular formula is C15H15Cl2NO2S. The van der Waals surface area contributed by atoms with Crippen LogP contribution in [0, 0.1) is 0 Å². The van der Waals surface area contributed by atoms with E-state index in [0.29, 0.717) is 11.6 Å². The summed E-state index contributed by atoms with van der Waals surface area (Å²) in [5, 5.41) is 0.559. The molecule has 21 heavy (non-hydrogen) atoms. The number of hydrogen-bond acceptors (Lipinski definition) is 2. The van der Waals surface area contributed by atoms with E-state index in [9.17, 15) is 8.42 Å². The topological polar surface area (TPSA) is 46.2 Å². The van der Waals surface area contributed by atoms with Gasteiger partial charge in [-0.05, 0) is 36.6 Å². The minimum absolute atomic E-state index is 0.122. The molecule has 0 radical (unpaired) electrons. The Hall–Kier alpha value is -1.07. The second-order valence-electron chi connectivity index (χ2n) is 4.56. The average Bonchev–Trinajstić information content (AvgIpc) is 2.47. The monoisotopic (exact) mass is 343 g/mol. The molecule has 0 heterocycles. The fraction of sp³-hybridized carbons (Fsp3) is 0.200. The summed E-state index contributed by atoms with van der Waals surface area (Å²) < 4.78 is 26.8. The van der Waals surface area contributed by atoms with Crippen LogP contribution in [0.15, 0.2) is 53.4 Å². The van der Waals surface area contributed by atoms with E-state index < -0.39 is 10.0 Å². The Morgan fingerprint density at radius 2 is 1.67 bits per heavy atom.